The smallest absolute Gasteiger partial charge is 0.243 e. The molecule has 0 amide bonds. The molecule has 2 aromatic rings. The summed E-state index contributed by atoms with van der Waals surface area (Å²) in [5.74, 6) is 0.232. The Morgan fingerprint density at radius 2 is 2.26 bits per heavy atom. The van der Waals surface area contributed by atoms with Crippen molar-refractivity contribution in [1.82, 2.24) is 19.5 Å². The molecule has 0 aliphatic carbocycles. The summed E-state index contributed by atoms with van der Waals surface area (Å²) >= 11 is 0. The van der Waals surface area contributed by atoms with Crippen LogP contribution in [0.15, 0.2) is 12.7 Å². The van der Waals surface area contributed by atoms with Crippen LogP contribution in [0.3, 0.4) is 0 Å². The molecule has 8 nitrogen and oxygen atoms in total. The van der Waals surface area contributed by atoms with Crippen molar-refractivity contribution in [3.63, 3.8) is 0 Å². The van der Waals surface area contributed by atoms with Gasteiger partial charge in [0.25, 0.3) is 0 Å². The maximum atomic E-state index is 11.6. The van der Waals surface area contributed by atoms with Crippen molar-refractivity contribution < 1.29 is 13.9 Å². The summed E-state index contributed by atoms with van der Waals surface area (Å²) in [5, 5.41) is 0. The molecular weight excluding hydrogens is 288 g/mol. The van der Waals surface area contributed by atoms with Gasteiger partial charge >= 0.3 is 0 Å². The molecule has 1 aliphatic rings. The molecule has 2 N–H and O–H groups in total. The van der Waals surface area contributed by atoms with E-state index in [0.717, 1.165) is 0 Å². The van der Waals surface area contributed by atoms with Crippen molar-refractivity contribution in [1.29, 1.82) is 0 Å². The van der Waals surface area contributed by atoms with E-state index in [2.05, 4.69) is 15.0 Å². The third kappa shape index (κ3) is 1.68. The van der Waals surface area contributed by atoms with Crippen LogP contribution in [0.2, 0.25) is 0 Å². The second-order valence-electron chi connectivity index (χ2n) is 4.05. The van der Waals surface area contributed by atoms with Gasteiger partial charge in [0.05, 0.1) is 6.61 Å². The summed E-state index contributed by atoms with van der Waals surface area (Å²) in [4.78, 5) is 12.0. The third-order valence-corrected chi connectivity index (χ3v) is 5.09. The molecular formula is C9H9N5O3P2. The Morgan fingerprint density at radius 1 is 1.42 bits per heavy atom. The molecule has 19 heavy (non-hydrogen) atoms. The van der Waals surface area contributed by atoms with Gasteiger partial charge in [0.1, 0.15) is 23.8 Å². The normalized spacial score (nSPS) is 27.5. The molecule has 3 rings (SSSR count). The highest BCUT2D eigenvalue weighted by atomic mass is 31.1. The zero-order valence-corrected chi connectivity index (χ0v) is 11.4. The number of anilines is 1. The van der Waals surface area contributed by atoms with E-state index in [1.165, 1.54) is 17.2 Å². The lowest BCUT2D eigenvalue weighted by Gasteiger charge is -2.25. The largest absolute Gasteiger partial charge is 0.382 e. The van der Waals surface area contributed by atoms with Crippen LogP contribution in [0, 0.1) is 0 Å². The minimum atomic E-state index is -1.25. The number of fused-ring (bicyclic) bond motifs is 1. The minimum absolute atomic E-state index is 0.130. The Morgan fingerprint density at radius 3 is 3.00 bits per heavy atom. The van der Waals surface area contributed by atoms with Crippen molar-refractivity contribution in [2.24, 2.45) is 0 Å². The monoisotopic (exact) mass is 297 g/mol. The fourth-order valence-electron chi connectivity index (χ4n) is 2.17. The number of nitrogens with zero attached hydrogens (tertiary/aromatic N) is 4. The van der Waals surface area contributed by atoms with Crippen LogP contribution < -0.4 is 5.73 Å². The summed E-state index contributed by atoms with van der Waals surface area (Å²) in [5.41, 5.74) is 4.84. The van der Waals surface area contributed by atoms with Crippen molar-refractivity contribution in [3.8, 4) is 0 Å². The van der Waals surface area contributed by atoms with E-state index in [4.69, 9.17) is 10.5 Å². The molecule has 0 bridgehead atoms. The molecule has 1 saturated heterocycles. The zero-order chi connectivity index (χ0) is 13.5. The van der Waals surface area contributed by atoms with Gasteiger partial charge in [-0.2, -0.15) is 0 Å². The molecule has 0 spiro atoms. The number of hydrogen-bond acceptors (Lipinski definition) is 7. The molecule has 2 aromatic heterocycles. The van der Waals surface area contributed by atoms with Crippen LogP contribution in [0.1, 0.15) is 6.42 Å². The van der Waals surface area contributed by atoms with Crippen molar-refractivity contribution >= 4 is 33.9 Å². The maximum absolute atomic E-state index is 11.6. The van der Waals surface area contributed by atoms with Gasteiger partial charge in [0.2, 0.25) is 13.9 Å². The fourth-order valence-corrected chi connectivity index (χ4v) is 3.63. The van der Waals surface area contributed by atoms with E-state index in [-0.39, 0.29) is 22.7 Å². The Hall–Kier alpha value is -1.49. The molecule has 10 heteroatoms. The number of hydrogen-bond donors (Lipinski definition) is 1. The molecule has 0 radical (unpaired) electrons. The maximum Gasteiger partial charge on any atom is 0.243 e. The van der Waals surface area contributed by atoms with Crippen molar-refractivity contribution in [2.45, 2.75) is 17.5 Å². The molecule has 1 fully saturated rings. The lowest BCUT2D eigenvalue weighted by atomic mass is 10.3. The number of nitrogen functional groups attached to an aromatic ring is 1. The Kier molecular flexibility index (Phi) is 3.01. The first-order valence-corrected chi connectivity index (χ1v) is 7.17. The average Bonchev–Trinajstić information content (AvgIpc) is 3.02. The molecule has 98 valence electrons. The number of rotatable bonds is 3. The highest BCUT2D eigenvalue weighted by Gasteiger charge is 2.49. The summed E-state index contributed by atoms with van der Waals surface area (Å²) in [6.07, 6.45) is 3.27. The quantitative estimate of drug-likeness (QED) is 0.851. The Labute approximate surface area is 110 Å². The number of ether oxygens (including phenoxy) is 1. The average molecular weight is 297 g/mol. The standard InChI is InChI=1S/C9H9N5O3P2/c10-7-6-8(12-3-11-7)14(4-13-6)9(19-16)5(18-15)1-2-17-9/h3-5H,1-2H2,(H2,10,11,12). The SMILES string of the molecule is Nc1ncnc2c1ncn2C1(P=O)OCCC1P=O. The summed E-state index contributed by atoms with van der Waals surface area (Å²) in [6, 6.07) is 0. The Bertz CT molecular complexity index is 662. The first kappa shape index (κ1) is 12.5. The van der Waals surface area contributed by atoms with E-state index in [9.17, 15) is 9.13 Å². The van der Waals surface area contributed by atoms with Crippen molar-refractivity contribution in [2.75, 3.05) is 12.3 Å². The fraction of sp³-hybridized carbons (Fsp3) is 0.444. The summed E-state index contributed by atoms with van der Waals surface area (Å²) in [6.45, 7) is 0.370. The van der Waals surface area contributed by atoms with Crippen LogP contribution in [0.25, 0.3) is 11.2 Å². The Balaban J connectivity index is 2.25. The predicted octanol–water partition coefficient (Wildman–Crippen LogP) is 1.39. The van der Waals surface area contributed by atoms with E-state index in [1.807, 2.05) is 0 Å². The molecule has 2 atom stereocenters. The predicted molar refractivity (Wildman–Crippen MR) is 67.3 cm³/mol. The van der Waals surface area contributed by atoms with E-state index in [0.29, 0.717) is 24.2 Å². The van der Waals surface area contributed by atoms with Crippen LogP contribution in [0.4, 0.5) is 5.82 Å². The lowest BCUT2D eigenvalue weighted by molar-refractivity contribution is 0.0213. The molecule has 2 unspecified atom stereocenters. The van der Waals surface area contributed by atoms with Crippen LogP contribution in [-0.4, -0.2) is 31.8 Å². The molecule has 1 aliphatic heterocycles. The summed E-state index contributed by atoms with van der Waals surface area (Å²) in [7, 11) is -0.430. The van der Waals surface area contributed by atoms with Gasteiger partial charge in [-0.15, -0.1) is 0 Å². The van der Waals surface area contributed by atoms with Gasteiger partial charge in [-0.3, -0.25) is 13.7 Å². The number of nitrogens with two attached hydrogens (primary N) is 1. The molecule has 3 heterocycles. The highest BCUT2D eigenvalue weighted by Crippen LogP contribution is 2.47. The van der Waals surface area contributed by atoms with Gasteiger partial charge in [-0.25, -0.2) is 15.0 Å². The van der Waals surface area contributed by atoms with Gasteiger partial charge in [0, 0.05) is 0 Å². The zero-order valence-electron chi connectivity index (χ0n) is 9.63. The molecule has 0 aromatic carbocycles. The van der Waals surface area contributed by atoms with Crippen molar-refractivity contribution in [3.05, 3.63) is 12.7 Å². The third-order valence-electron chi connectivity index (χ3n) is 3.10. The van der Waals surface area contributed by atoms with Gasteiger partial charge in [-0.05, 0) is 6.42 Å². The lowest BCUT2D eigenvalue weighted by Crippen LogP contribution is -2.33. The van der Waals surface area contributed by atoms with Gasteiger partial charge in [-0.1, -0.05) is 0 Å². The van der Waals surface area contributed by atoms with E-state index >= 15 is 0 Å². The molecule has 0 saturated carbocycles. The summed E-state index contributed by atoms with van der Waals surface area (Å²) < 4.78 is 30.0. The minimum Gasteiger partial charge on any atom is -0.382 e. The van der Waals surface area contributed by atoms with E-state index < -0.39 is 11.1 Å². The first-order chi connectivity index (χ1) is 9.23. The highest BCUT2D eigenvalue weighted by molar-refractivity contribution is 7.30. The van der Waals surface area contributed by atoms with Crippen LogP contribution in [0.5, 0.6) is 0 Å². The van der Waals surface area contributed by atoms with Gasteiger partial charge < -0.3 is 10.5 Å². The number of imidazole rings is 1. The topological polar surface area (TPSA) is 113 Å². The second-order valence-corrected chi connectivity index (χ2v) is 5.71. The van der Waals surface area contributed by atoms with Gasteiger partial charge in [0.15, 0.2) is 19.9 Å². The number of aromatic nitrogens is 4. The van der Waals surface area contributed by atoms with E-state index in [1.54, 1.807) is 0 Å². The van der Waals surface area contributed by atoms with Crippen LogP contribution >= 0.6 is 16.9 Å². The first-order valence-electron chi connectivity index (χ1n) is 5.48. The second kappa shape index (κ2) is 4.56. The van der Waals surface area contributed by atoms with Crippen LogP contribution in [-0.2, 0) is 19.3 Å².